The number of nitrogens with one attached hydrogen (secondary N) is 1. The fraction of sp³-hybridized carbons (Fsp3) is 0.526. The standard InChI is InChI=1S/C19H26ClN5.2ClH/c20-17-11-15-10-16(25-7-1-2-14(12-21)13-25)3-4-18(15)23-19(17)24-8-5-22-6-9-24;;/h3-4,10-11,14,22H,1-2,5-9,12-13,21H2;2*1H. The summed E-state index contributed by atoms with van der Waals surface area (Å²) < 4.78 is 0. The molecule has 3 N–H and O–H groups in total. The third-order valence-corrected chi connectivity index (χ3v) is 5.65. The summed E-state index contributed by atoms with van der Waals surface area (Å²) in [5, 5.41) is 5.21. The average molecular weight is 433 g/mol. The van der Waals surface area contributed by atoms with Crippen LogP contribution in [0.2, 0.25) is 5.02 Å². The molecule has 0 radical (unpaired) electrons. The number of piperidine rings is 1. The SMILES string of the molecule is Cl.Cl.NCC1CCCN(c2ccc3nc(N4CCNCC4)c(Cl)cc3c2)C1. The maximum absolute atomic E-state index is 6.57. The Balaban J connectivity index is 0.00000131. The number of fused-ring (bicyclic) bond motifs is 1. The first-order chi connectivity index (χ1) is 12.2. The zero-order valence-corrected chi connectivity index (χ0v) is 17.8. The molecule has 5 nitrogen and oxygen atoms in total. The molecule has 0 spiro atoms. The normalized spacial score (nSPS) is 20.1. The molecule has 150 valence electrons. The lowest BCUT2D eigenvalue weighted by molar-refractivity contribution is 0.423. The van der Waals surface area contributed by atoms with Crippen LogP contribution in [0, 0.1) is 5.92 Å². The van der Waals surface area contributed by atoms with E-state index in [0.717, 1.165) is 67.6 Å². The van der Waals surface area contributed by atoms with Crippen molar-refractivity contribution in [2.45, 2.75) is 12.8 Å². The molecule has 2 saturated heterocycles. The van der Waals surface area contributed by atoms with Gasteiger partial charge in [0, 0.05) is 50.3 Å². The maximum Gasteiger partial charge on any atom is 0.148 e. The summed E-state index contributed by atoms with van der Waals surface area (Å²) in [4.78, 5) is 9.55. The molecule has 0 aliphatic carbocycles. The summed E-state index contributed by atoms with van der Waals surface area (Å²) >= 11 is 6.57. The second-order valence-electron chi connectivity index (χ2n) is 7.10. The lowest BCUT2D eigenvalue weighted by Gasteiger charge is -2.34. The van der Waals surface area contributed by atoms with E-state index in [9.17, 15) is 0 Å². The molecule has 27 heavy (non-hydrogen) atoms. The number of hydrogen-bond donors (Lipinski definition) is 2. The van der Waals surface area contributed by atoms with Crippen LogP contribution in [0.15, 0.2) is 24.3 Å². The largest absolute Gasteiger partial charge is 0.371 e. The van der Waals surface area contributed by atoms with E-state index in [2.05, 4.69) is 39.4 Å². The highest BCUT2D eigenvalue weighted by Crippen LogP contribution is 2.31. The van der Waals surface area contributed by atoms with Crippen molar-refractivity contribution >= 4 is 58.8 Å². The van der Waals surface area contributed by atoms with Crippen LogP contribution < -0.4 is 20.9 Å². The van der Waals surface area contributed by atoms with Gasteiger partial charge in [-0.1, -0.05) is 11.6 Å². The molecule has 1 unspecified atom stereocenters. The van der Waals surface area contributed by atoms with Crippen LogP contribution in [-0.4, -0.2) is 50.8 Å². The van der Waals surface area contributed by atoms with Gasteiger partial charge in [0.25, 0.3) is 0 Å². The summed E-state index contributed by atoms with van der Waals surface area (Å²) in [6.07, 6.45) is 2.45. The third-order valence-electron chi connectivity index (χ3n) is 5.37. The average Bonchev–Trinajstić information content (AvgIpc) is 2.67. The van der Waals surface area contributed by atoms with Crippen molar-refractivity contribution in [3.05, 3.63) is 29.3 Å². The summed E-state index contributed by atoms with van der Waals surface area (Å²) in [6.45, 7) is 6.77. The van der Waals surface area contributed by atoms with Crippen LogP contribution in [0.5, 0.6) is 0 Å². The number of halogens is 3. The molecule has 2 aromatic rings. The van der Waals surface area contributed by atoms with Gasteiger partial charge in [-0.05, 0) is 49.6 Å². The molecule has 2 aliphatic rings. The Morgan fingerprint density at radius 2 is 1.89 bits per heavy atom. The minimum Gasteiger partial charge on any atom is -0.371 e. The Bertz CT molecular complexity index is 751. The van der Waals surface area contributed by atoms with Crippen molar-refractivity contribution in [3.8, 4) is 0 Å². The second-order valence-corrected chi connectivity index (χ2v) is 7.51. The van der Waals surface area contributed by atoms with Crippen LogP contribution in [-0.2, 0) is 0 Å². The predicted molar refractivity (Wildman–Crippen MR) is 120 cm³/mol. The van der Waals surface area contributed by atoms with Gasteiger partial charge in [-0.2, -0.15) is 0 Å². The number of aromatic nitrogens is 1. The van der Waals surface area contributed by atoms with Gasteiger partial charge in [-0.15, -0.1) is 24.8 Å². The first kappa shape index (κ1) is 22.3. The van der Waals surface area contributed by atoms with E-state index in [0.29, 0.717) is 5.92 Å². The lowest BCUT2D eigenvalue weighted by atomic mass is 9.97. The van der Waals surface area contributed by atoms with Gasteiger partial charge in [0.05, 0.1) is 10.5 Å². The number of nitrogens with two attached hydrogens (primary N) is 1. The van der Waals surface area contributed by atoms with E-state index in [4.69, 9.17) is 22.3 Å². The van der Waals surface area contributed by atoms with Gasteiger partial charge in [0.2, 0.25) is 0 Å². The molecule has 0 bridgehead atoms. The number of rotatable bonds is 3. The fourth-order valence-corrected chi connectivity index (χ4v) is 4.19. The van der Waals surface area contributed by atoms with Crippen LogP contribution in [0.3, 0.4) is 0 Å². The van der Waals surface area contributed by atoms with Crippen LogP contribution in [0.25, 0.3) is 10.9 Å². The highest BCUT2D eigenvalue weighted by Gasteiger charge is 2.20. The summed E-state index contributed by atoms with van der Waals surface area (Å²) in [7, 11) is 0. The van der Waals surface area contributed by atoms with Crippen molar-refractivity contribution in [2.24, 2.45) is 11.7 Å². The Morgan fingerprint density at radius 1 is 1.11 bits per heavy atom. The van der Waals surface area contributed by atoms with Gasteiger partial charge < -0.3 is 20.9 Å². The minimum absolute atomic E-state index is 0. The zero-order chi connectivity index (χ0) is 17.2. The van der Waals surface area contributed by atoms with E-state index in [1.807, 2.05) is 0 Å². The molecule has 8 heteroatoms. The van der Waals surface area contributed by atoms with Gasteiger partial charge >= 0.3 is 0 Å². The number of piperazine rings is 1. The first-order valence-corrected chi connectivity index (χ1v) is 9.63. The number of pyridine rings is 1. The number of hydrogen-bond acceptors (Lipinski definition) is 5. The monoisotopic (exact) mass is 431 g/mol. The molecule has 1 aromatic carbocycles. The topological polar surface area (TPSA) is 57.4 Å². The minimum atomic E-state index is 0. The Kier molecular flexibility index (Phi) is 8.25. The molecule has 0 saturated carbocycles. The van der Waals surface area contributed by atoms with Gasteiger partial charge in [-0.3, -0.25) is 0 Å². The highest BCUT2D eigenvalue weighted by atomic mass is 35.5. The van der Waals surface area contributed by atoms with E-state index < -0.39 is 0 Å². The molecule has 2 aliphatic heterocycles. The molecule has 3 heterocycles. The molecule has 4 rings (SSSR count). The van der Waals surface area contributed by atoms with E-state index in [-0.39, 0.29) is 24.8 Å². The van der Waals surface area contributed by atoms with Crippen molar-refractivity contribution in [1.29, 1.82) is 0 Å². The Morgan fingerprint density at radius 3 is 2.63 bits per heavy atom. The highest BCUT2D eigenvalue weighted by molar-refractivity contribution is 6.33. The zero-order valence-electron chi connectivity index (χ0n) is 15.4. The van der Waals surface area contributed by atoms with Crippen molar-refractivity contribution in [1.82, 2.24) is 10.3 Å². The van der Waals surface area contributed by atoms with Gasteiger partial charge in [0.1, 0.15) is 5.82 Å². The van der Waals surface area contributed by atoms with Crippen LogP contribution >= 0.6 is 36.4 Å². The van der Waals surface area contributed by atoms with Gasteiger partial charge in [-0.25, -0.2) is 4.98 Å². The molecule has 2 fully saturated rings. The van der Waals surface area contributed by atoms with Crippen molar-refractivity contribution in [2.75, 3.05) is 55.6 Å². The van der Waals surface area contributed by atoms with Gasteiger partial charge in [0.15, 0.2) is 0 Å². The third kappa shape index (κ3) is 4.90. The Hall–Kier alpha value is -0.980. The predicted octanol–water partition coefficient (Wildman–Crippen LogP) is 3.32. The van der Waals surface area contributed by atoms with Crippen molar-refractivity contribution in [3.63, 3.8) is 0 Å². The number of anilines is 2. The molecule has 1 aromatic heterocycles. The summed E-state index contributed by atoms with van der Waals surface area (Å²) in [5.41, 5.74) is 8.14. The summed E-state index contributed by atoms with van der Waals surface area (Å²) in [6, 6.07) is 8.59. The quantitative estimate of drug-likeness (QED) is 0.779. The molecule has 1 atom stereocenters. The maximum atomic E-state index is 6.57. The fourth-order valence-electron chi connectivity index (χ4n) is 3.91. The van der Waals surface area contributed by atoms with E-state index in [1.54, 1.807) is 0 Å². The summed E-state index contributed by atoms with van der Waals surface area (Å²) in [5.74, 6) is 1.51. The number of nitrogens with zero attached hydrogens (tertiary/aromatic N) is 3. The molecular formula is C19H28Cl3N5. The molecule has 0 amide bonds. The Labute approximate surface area is 178 Å². The first-order valence-electron chi connectivity index (χ1n) is 9.25. The number of benzene rings is 1. The lowest BCUT2D eigenvalue weighted by Crippen LogP contribution is -2.44. The second kappa shape index (κ2) is 9.99. The molecular weight excluding hydrogens is 405 g/mol. The smallest absolute Gasteiger partial charge is 0.148 e. The van der Waals surface area contributed by atoms with E-state index >= 15 is 0 Å². The van der Waals surface area contributed by atoms with Crippen molar-refractivity contribution < 1.29 is 0 Å². The van der Waals surface area contributed by atoms with Crippen LogP contribution in [0.1, 0.15) is 12.8 Å². The van der Waals surface area contributed by atoms with Crippen LogP contribution in [0.4, 0.5) is 11.5 Å². The van der Waals surface area contributed by atoms with E-state index in [1.165, 1.54) is 18.5 Å².